The Kier molecular flexibility index (Phi) is 1.08. The molecule has 0 radical (unpaired) electrons. The molecule has 0 aliphatic carbocycles. The van der Waals surface area contributed by atoms with Crippen LogP contribution in [-0.4, -0.2) is 23.4 Å². The number of nitrogens with zero attached hydrogens (tertiary/aromatic N) is 1. The molecular weight excluding hydrogens is 78.0 g/mol. The highest BCUT2D eigenvalue weighted by atomic mass is 16.5. The smallest absolute Gasteiger partial charge is 0.0238 e. The van der Waals surface area contributed by atoms with Crippen molar-refractivity contribution in [2.45, 2.75) is 12.8 Å². The standard InChI is InChI=1S/C4H9NO/c6-5-3-1-2-4-5/h6H,1-4H2. The summed E-state index contributed by atoms with van der Waals surface area (Å²) in [6.45, 7) is 1.75. The maximum atomic E-state index is 8.56. The minimum atomic E-state index is 0.875. The lowest BCUT2D eigenvalue weighted by atomic mass is 10.4. The Morgan fingerprint density at radius 3 is 1.83 bits per heavy atom. The van der Waals surface area contributed by atoms with Crippen LogP contribution in [0.5, 0.6) is 0 Å². The first kappa shape index (κ1) is 4.09. The first-order chi connectivity index (χ1) is 2.89. The van der Waals surface area contributed by atoms with Crippen molar-refractivity contribution < 1.29 is 5.21 Å². The molecule has 0 saturated carbocycles. The molecule has 0 unspecified atom stereocenters. The van der Waals surface area contributed by atoms with E-state index in [0.29, 0.717) is 0 Å². The maximum Gasteiger partial charge on any atom is 0.0238 e. The van der Waals surface area contributed by atoms with Crippen LogP contribution in [0.3, 0.4) is 0 Å². The van der Waals surface area contributed by atoms with E-state index in [2.05, 4.69) is 0 Å². The van der Waals surface area contributed by atoms with Crippen molar-refractivity contribution in [3.8, 4) is 0 Å². The molecule has 1 aliphatic rings. The summed E-state index contributed by atoms with van der Waals surface area (Å²) in [5.41, 5.74) is 0. The Bertz CT molecular complexity index is 40.8. The second-order valence-corrected chi connectivity index (χ2v) is 1.66. The summed E-state index contributed by atoms with van der Waals surface area (Å²) >= 11 is 0. The van der Waals surface area contributed by atoms with Gasteiger partial charge in [-0.1, -0.05) is 0 Å². The summed E-state index contributed by atoms with van der Waals surface area (Å²) in [4.78, 5) is 0. The van der Waals surface area contributed by atoms with Gasteiger partial charge in [-0.3, -0.25) is 0 Å². The molecule has 0 bridgehead atoms. The summed E-state index contributed by atoms with van der Waals surface area (Å²) < 4.78 is 0. The van der Waals surface area contributed by atoms with Gasteiger partial charge < -0.3 is 5.21 Å². The first-order valence-corrected chi connectivity index (χ1v) is 2.33. The summed E-state index contributed by atoms with van der Waals surface area (Å²) in [6, 6.07) is 0. The van der Waals surface area contributed by atoms with E-state index in [4.69, 9.17) is 5.21 Å². The molecule has 2 nitrogen and oxygen atoms in total. The molecule has 1 aliphatic heterocycles. The lowest BCUT2D eigenvalue weighted by molar-refractivity contribution is -0.0678. The highest BCUT2D eigenvalue weighted by Crippen LogP contribution is 2.01. The van der Waals surface area contributed by atoms with Crippen LogP contribution in [0.25, 0.3) is 0 Å². The molecule has 1 saturated heterocycles. The monoisotopic (exact) mass is 87.1 g/mol. The second kappa shape index (κ2) is 1.58. The number of hydrogen-bond donors (Lipinski definition) is 1. The zero-order valence-electron chi connectivity index (χ0n) is 3.72. The molecular formula is C4H9NO. The summed E-state index contributed by atoms with van der Waals surface area (Å²) in [7, 11) is 0. The van der Waals surface area contributed by atoms with Crippen LogP contribution in [0, 0.1) is 0 Å². The van der Waals surface area contributed by atoms with E-state index in [-0.39, 0.29) is 0 Å². The van der Waals surface area contributed by atoms with E-state index < -0.39 is 0 Å². The molecule has 0 aromatic carbocycles. The fourth-order valence-electron chi connectivity index (χ4n) is 0.700. The molecule has 1 N–H and O–H groups in total. The van der Waals surface area contributed by atoms with E-state index in [1.165, 1.54) is 5.06 Å². The van der Waals surface area contributed by atoms with E-state index in [9.17, 15) is 0 Å². The predicted molar refractivity (Wildman–Crippen MR) is 22.6 cm³/mol. The molecule has 1 rings (SSSR count). The van der Waals surface area contributed by atoms with Gasteiger partial charge in [0.2, 0.25) is 0 Å². The first-order valence-electron chi connectivity index (χ1n) is 2.33. The fourth-order valence-corrected chi connectivity index (χ4v) is 0.700. The van der Waals surface area contributed by atoms with Crippen molar-refractivity contribution in [3.05, 3.63) is 0 Å². The van der Waals surface area contributed by atoms with Crippen molar-refractivity contribution in [1.29, 1.82) is 0 Å². The summed E-state index contributed by atoms with van der Waals surface area (Å²) in [5.74, 6) is 0. The number of rotatable bonds is 0. The maximum absolute atomic E-state index is 8.56. The van der Waals surface area contributed by atoms with Gasteiger partial charge in [0.15, 0.2) is 0 Å². The van der Waals surface area contributed by atoms with Crippen molar-refractivity contribution in [1.82, 2.24) is 5.06 Å². The van der Waals surface area contributed by atoms with Gasteiger partial charge in [-0.2, -0.15) is 5.06 Å². The van der Waals surface area contributed by atoms with Crippen molar-refractivity contribution in [3.63, 3.8) is 0 Å². The molecule has 2 heteroatoms. The predicted octanol–water partition coefficient (Wildman–Crippen LogP) is 0.471. The third kappa shape index (κ3) is 0.698. The molecule has 6 heavy (non-hydrogen) atoms. The highest BCUT2D eigenvalue weighted by molar-refractivity contribution is 4.54. The van der Waals surface area contributed by atoms with E-state index >= 15 is 0 Å². The molecule has 0 spiro atoms. The zero-order valence-corrected chi connectivity index (χ0v) is 3.72. The van der Waals surface area contributed by atoms with E-state index in [1.54, 1.807) is 0 Å². The Labute approximate surface area is 37.3 Å². The Morgan fingerprint density at radius 2 is 1.67 bits per heavy atom. The van der Waals surface area contributed by atoms with Gasteiger partial charge in [-0.25, -0.2) is 0 Å². The Balaban J connectivity index is 2.18. The topological polar surface area (TPSA) is 23.5 Å². The summed E-state index contributed by atoms with van der Waals surface area (Å²) in [5, 5.41) is 9.92. The van der Waals surface area contributed by atoms with Crippen LogP contribution < -0.4 is 0 Å². The Hall–Kier alpha value is -0.0800. The van der Waals surface area contributed by atoms with Gasteiger partial charge in [0.25, 0.3) is 0 Å². The average Bonchev–Trinajstić information content (AvgIpc) is 1.86. The van der Waals surface area contributed by atoms with Crippen molar-refractivity contribution >= 4 is 0 Å². The van der Waals surface area contributed by atoms with Crippen LogP contribution in [0.15, 0.2) is 0 Å². The minimum absolute atomic E-state index is 0.875. The van der Waals surface area contributed by atoms with E-state index in [1.807, 2.05) is 0 Å². The van der Waals surface area contributed by atoms with Gasteiger partial charge in [0.05, 0.1) is 0 Å². The van der Waals surface area contributed by atoms with Gasteiger partial charge in [-0.15, -0.1) is 0 Å². The lowest BCUT2D eigenvalue weighted by Crippen LogP contribution is -2.11. The molecule has 1 heterocycles. The number of hydrogen-bond acceptors (Lipinski definition) is 2. The molecule has 0 atom stereocenters. The second-order valence-electron chi connectivity index (χ2n) is 1.66. The van der Waals surface area contributed by atoms with Gasteiger partial charge in [0.1, 0.15) is 0 Å². The van der Waals surface area contributed by atoms with Crippen LogP contribution in [0.4, 0.5) is 0 Å². The molecule has 0 amide bonds. The zero-order chi connectivity index (χ0) is 4.41. The van der Waals surface area contributed by atoms with E-state index in [0.717, 1.165) is 25.9 Å². The molecule has 1 fully saturated rings. The fraction of sp³-hybridized carbons (Fsp3) is 1.00. The van der Waals surface area contributed by atoms with Crippen molar-refractivity contribution in [2.24, 2.45) is 0 Å². The van der Waals surface area contributed by atoms with Crippen LogP contribution in [-0.2, 0) is 0 Å². The minimum Gasteiger partial charge on any atom is -0.314 e. The summed E-state index contributed by atoms with van der Waals surface area (Å²) in [6.07, 6.45) is 2.33. The van der Waals surface area contributed by atoms with Gasteiger partial charge in [0, 0.05) is 13.1 Å². The Morgan fingerprint density at radius 1 is 1.17 bits per heavy atom. The lowest BCUT2D eigenvalue weighted by Gasteiger charge is -1.99. The average molecular weight is 87.1 g/mol. The quantitative estimate of drug-likeness (QED) is 0.464. The molecule has 36 valence electrons. The van der Waals surface area contributed by atoms with Gasteiger partial charge >= 0.3 is 0 Å². The third-order valence-corrected chi connectivity index (χ3v) is 1.08. The largest absolute Gasteiger partial charge is 0.314 e. The molecule has 0 aromatic heterocycles. The number of hydroxylamine groups is 2. The van der Waals surface area contributed by atoms with Crippen LogP contribution in [0.2, 0.25) is 0 Å². The van der Waals surface area contributed by atoms with Crippen LogP contribution >= 0.6 is 0 Å². The highest BCUT2D eigenvalue weighted by Gasteiger charge is 2.05. The SMILES string of the molecule is ON1CCCC1. The normalized spacial score (nSPS) is 25.5. The van der Waals surface area contributed by atoms with Crippen LogP contribution in [0.1, 0.15) is 12.8 Å². The third-order valence-electron chi connectivity index (χ3n) is 1.08. The molecule has 0 aromatic rings. The van der Waals surface area contributed by atoms with Gasteiger partial charge in [-0.05, 0) is 12.8 Å². The van der Waals surface area contributed by atoms with Crippen molar-refractivity contribution in [2.75, 3.05) is 13.1 Å².